The molecule has 1 amide bonds. The number of hydrogen-bond acceptors (Lipinski definition) is 4. The number of hydrogen-bond donors (Lipinski definition) is 3. The zero-order chi connectivity index (χ0) is 33.9. The Balaban J connectivity index is 1.53. The summed E-state index contributed by atoms with van der Waals surface area (Å²) in [6.07, 6.45) is 0. The van der Waals surface area contributed by atoms with E-state index >= 15 is 0 Å². The van der Waals surface area contributed by atoms with Crippen molar-refractivity contribution in [1.82, 2.24) is 10.6 Å². The van der Waals surface area contributed by atoms with E-state index in [1.807, 2.05) is 109 Å². The van der Waals surface area contributed by atoms with E-state index in [-0.39, 0.29) is 0 Å². The largest absolute Gasteiger partial charge is 0.480 e. The molecule has 5 nitrogen and oxygen atoms in total. The highest BCUT2D eigenvalue weighted by atomic mass is 32.2. The molecule has 1 atom stereocenters. The number of carboxylic acid groups (broad SMARTS) is 1. The molecule has 3 N–H and O–H groups in total. The van der Waals surface area contributed by atoms with Crippen molar-refractivity contribution in [3.8, 4) is 0 Å². The molecule has 6 rings (SSSR count). The molecule has 6 heteroatoms. The zero-order valence-electron chi connectivity index (χ0n) is 27.0. The minimum atomic E-state index is -1.10. The van der Waals surface area contributed by atoms with Crippen LogP contribution in [0.25, 0.3) is 0 Å². The van der Waals surface area contributed by atoms with Gasteiger partial charge in [0.2, 0.25) is 5.91 Å². The lowest BCUT2D eigenvalue weighted by molar-refractivity contribution is -0.138. The summed E-state index contributed by atoms with van der Waals surface area (Å²) in [5, 5.41) is 16.1. The molecular weight excluding hydrogens is 625 g/mol. The lowest BCUT2D eigenvalue weighted by atomic mass is 9.76. The van der Waals surface area contributed by atoms with Gasteiger partial charge in [-0.15, -0.1) is 11.8 Å². The third kappa shape index (κ3) is 7.21. The van der Waals surface area contributed by atoms with Gasteiger partial charge in [0.1, 0.15) is 6.54 Å². The standard InChI is InChI=1S/C43H38N2O3S/c46-40(47)31-44-41(48)39(45-42(33-19-7-1-8-20-33,34-21-9-2-10-22-34)35-23-11-3-12-24-35)32-49-43(36-25-13-4-14-26-36,37-27-15-5-16-28-37)38-29-17-6-18-30-38/h1-30,39,45H,31-32H2,(H,44,48)(H,46,47)/t39-/m0/s1. The van der Waals surface area contributed by atoms with E-state index in [9.17, 15) is 14.7 Å². The third-order valence-electron chi connectivity index (χ3n) is 8.75. The van der Waals surface area contributed by atoms with Crippen LogP contribution in [-0.4, -0.2) is 35.3 Å². The molecule has 0 unspecified atom stereocenters. The van der Waals surface area contributed by atoms with Crippen LogP contribution < -0.4 is 10.6 Å². The zero-order valence-corrected chi connectivity index (χ0v) is 27.8. The molecule has 0 radical (unpaired) electrons. The van der Waals surface area contributed by atoms with E-state index in [0.717, 1.165) is 33.4 Å². The van der Waals surface area contributed by atoms with Gasteiger partial charge >= 0.3 is 5.97 Å². The van der Waals surface area contributed by atoms with Crippen molar-refractivity contribution in [1.29, 1.82) is 0 Å². The highest BCUT2D eigenvalue weighted by Gasteiger charge is 2.43. The maximum absolute atomic E-state index is 14.3. The van der Waals surface area contributed by atoms with Crippen LogP contribution in [-0.2, 0) is 19.9 Å². The summed E-state index contributed by atoms with van der Waals surface area (Å²) in [7, 11) is 0. The smallest absolute Gasteiger partial charge is 0.322 e. The quantitative estimate of drug-likeness (QED) is 0.104. The Morgan fingerprint density at radius 1 is 0.510 bits per heavy atom. The van der Waals surface area contributed by atoms with Gasteiger partial charge in [0.15, 0.2) is 0 Å². The number of rotatable bonds is 14. The number of benzene rings is 6. The Morgan fingerprint density at radius 3 is 1.12 bits per heavy atom. The summed E-state index contributed by atoms with van der Waals surface area (Å²) in [6.45, 7) is -0.488. The predicted octanol–water partition coefficient (Wildman–Crippen LogP) is 7.86. The van der Waals surface area contributed by atoms with Crippen LogP contribution in [0.4, 0.5) is 0 Å². The number of carbonyl (C=O) groups is 2. The predicted molar refractivity (Wildman–Crippen MR) is 198 cm³/mol. The maximum atomic E-state index is 14.3. The summed E-state index contributed by atoms with van der Waals surface area (Å²) in [6, 6.07) is 60.5. The van der Waals surface area contributed by atoms with Crippen LogP contribution >= 0.6 is 11.8 Å². The van der Waals surface area contributed by atoms with Gasteiger partial charge in [0.05, 0.1) is 16.3 Å². The lowest BCUT2D eigenvalue weighted by Crippen LogP contribution is -2.57. The first-order valence-corrected chi connectivity index (χ1v) is 17.3. The normalized spacial score (nSPS) is 12.2. The van der Waals surface area contributed by atoms with Crippen LogP contribution in [0, 0.1) is 0 Å². The van der Waals surface area contributed by atoms with E-state index < -0.39 is 34.7 Å². The molecule has 6 aromatic rings. The van der Waals surface area contributed by atoms with Crippen molar-refractivity contribution in [3.05, 3.63) is 215 Å². The van der Waals surface area contributed by atoms with Gasteiger partial charge in [-0.2, -0.15) is 0 Å². The number of aliphatic carboxylic acids is 1. The summed E-state index contributed by atoms with van der Waals surface area (Å²) < 4.78 is -0.689. The highest BCUT2D eigenvalue weighted by molar-refractivity contribution is 8.00. The molecule has 49 heavy (non-hydrogen) atoms. The van der Waals surface area contributed by atoms with Crippen molar-refractivity contribution < 1.29 is 14.7 Å². The first kappa shape index (κ1) is 33.5. The second kappa shape index (κ2) is 15.6. The van der Waals surface area contributed by atoms with Gasteiger partial charge in [-0.25, -0.2) is 0 Å². The topological polar surface area (TPSA) is 78.4 Å². The molecule has 0 heterocycles. The highest BCUT2D eigenvalue weighted by Crippen LogP contribution is 2.49. The Kier molecular flexibility index (Phi) is 10.7. The monoisotopic (exact) mass is 662 g/mol. The molecule has 244 valence electrons. The van der Waals surface area contributed by atoms with Crippen molar-refractivity contribution >= 4 is 23.6 Å². The van der Waals surface area contributed by atoms with Crippen LogP contribution in [0.5, 0.6) is 0 Å². The first-order chi connectivity index (χ1) is 24.0. The van der Waals surface area contributed by atoms with Crippen molar-refractivity contribution in [2.75, 3.05) is 12.3 Å². The molecule has 0 aliphatic heterocycles. The van der Waals surface area contributed by atoms with Gasteiger partial charge in [-0.3, -0.25) is 14.9 Å². The fraction of sp³-hybridized carbons (Fsp3) is 0.116. The molecule has 0 aromatic heterocycles. The van der Waals surface area contributed by atoms with Crippen LogP contribution in [0.15, 0.2) is 182 Å². The fourth-order valence-electron chi connectivity index (χ4n) is 6.52. The van der Waals surface area contributed by atoms with E-state index in [4.69, 9.17) is 0 Å². The van der Waals surface area contributed by atoms with Gasteiger partial charge in [0, 0.05) is 5.75 Å². The Hall–Kier alpha value is -5.43. The molecule has 0 fully saturated rings. The summed E-state index contributed by atoms with van der Waals surface area (Å²) in [4.78, 5) is 26.0. The van der Waals surface area contributed by atoms with Gasteiger partial charge in [-0.05, 0) is 33.4 Å². The number of carboxylic acids is 1. The SMILES string of the molecule is O=C(O)CNC(=O)[C@H](CSC(c1ccccc1)(c1ccccc1)c1ccccc1)NC(c1ccccc1)(c1ccccc1)c1ccccc1. The fourth-order valence-corrected chi connectivity index (χ4v) is 8.08. The number of amides is 1. The maximum Gasteiger partial charge on any atom is 0.322 e. The molecule has 0 saturated heterocycles. The second-order valence-electron chi connectivity index (χ2n) is 11.7. The van der Waals surface area contributed by atoms with Gasteiger partial charge in [0.25, 0.3) is 0 Å². The van der Waals surface area contributed by atoms with Gasteiger partial charge in [-0.1, -0.05) is 182 Å². The van der Waals surface area contributed by atoms with E-state index in [1.165, 1.54) is 0 Å². The van der Waals surface area contributed by atoms with E-state index in [0.29, 0.717) is 5.75 Å². The van der Waals surface area contributed by atoms with Crippen molar-refractivity contribution in [3.63, 3.8) is 0 Å². The Labute approximate surface area is 292 Å². The van der Waals surface area contributed by atoms with Crippen molar-refractivity contribution in [2.24, 2.45) is 0 Å². The number of nitrogens with one attached hydrogen (secondary N) is 2. The second-order valence-corrected chi connectivity index (χ2v) is 13.0. The third-order valence-corrected chi connectivity index (χ3v) is 10.4. The van der Waals surface area contributed by atoms with Crippen molar-refractivity contribution in [2.45, 2.75) is 16.3 Å². The average molecular weight is 663 g/mol. The van der Waals surface area contributed by atoms with Crippen LogP contribution in [0.2, 0.25) is 0 Å². The molecule has 0 spiro atoms. The molecule has 6 aromatic carbocycles. The molecule has 0 aliphatic rings. The molecular formula is C43H38N2O3S. The van der Waals surface area contributed by atoms with E-state index in [2.05, 4.69) is 83.4 Å². The minimum Gasteiger partial charge on any atom is -0.480 e. The van der Waals surface area contributed by atoms with Crippen LogP contribution in [0.1, 0.15) is 33.4 Å². The number of carbonyl (C=O) groups excluding carboxylic acids is 1. The Bertz CT molecular complexity index is 1730. The first-order valence-electron chi connectivity index (χ1n) is 16.3. The van der Waals surface area contributed by atoms with E-state index in [1.54, 1.807) is 11.8 Å². The van der Waals surface area contributed by atoms with Gasteiger partial charge < -0.3 is 10.4 Å². The Morgan fingerprint density at radius 2 is 0.816 bits per heavy atom. The number of thioether (sulfide) groups is 1. The summed E-state index contributed by atoms with van der Waals surface area (Å²) in [5.74, 6) is -1.20. The summed E-state index contributed by atoms with van der Waals surface area (Å²) in [5.41, 5.74) is 5.12. The average Bonchev–Trinajstić information content (AvgIpc) is 3.17. The molecule has 0 bridgehead atoms. The molecule has 0 saturated carbocycles. The minimum absolute atomic E-state index is 0.304. The lowest BCUT2D eigenvalue weighted by Gasteiger charge is -2.41. The molecule has 0 aliphatic carbocycles. The van der Waals surface area contributed by atoms with Crippen LogP contribution in [0.3, 0.4) is 0 Å². The summed E-state index contributed by atoms with van der Waals surface area (Å²) >= 11 is 1.65.